The van der Waals surface area contributed by atoms with Crippen molar-refractivity contribution < 1.29 is 4.79 Å². The number of para-hydroxylation sites is 1. The quantitative estimate of drug-likeness (QED) is 0.841. The summed E-state index contributed by atoms with van der Waals surface area (Å²) in [6, 6.07) is 8.02. The average molecular weight is 233 g/mol. The van der Waals surface area contributed by atoms with Gasteiger partial charge in [0.1, 0.15) is 0 Å². The van der Waals surface area contributed by atoms with Gasteiger partial charge in [-0.1, -0.05) is 52.8 Å². The van der Waals surface area contributed by atoms with Crippen molar-refractivity contribution in [3.63, 3.8) is 0 Å². The number of carbonyl (C=O) groups excluding carboxylic acids is 1. The summed E-state index contributed by atoms with van der Waals surface area (Å²) >= 11 is 0. The Morgan fingerprint density at radius 2 is 1.88 bits per heavy atom. The molecule has 0 saturated heterocycles. The first-order valence-electron chi connectivity index (χ1n) is 6.26. The summed E-state index contributed by atoms with van der Waals surface area (Å²) in [7, 11) is 0. The fraction of sp³-hybridized carbons (Fsp3) is 0.533. The first-order valence-corrected chi connectivity index (χ1v) is 6.26. The maximum atomic E-state index is 11.9. The Labute approximate surface area is 104 Å². The van der Waals surface area contributed by atoms with E-state index in [2.05, 4.69) is 32.2 Å². The lowest BCUT2D eigenvalue weighted by molar-refractivity contribution is -0.119. The van der Waals surface area contributed by atoms with Crippen LogP contribution in [-0.2, 0) is 10.2 Å². The number of nitrogens with one attached hydrogen (secondary N) is 1. The van der Waals surface area contributed by atoms with Gasteiger partial charge in [-0.05, 0) is 23.5 Å². The number of carbonyl (C=O) groups is 1. The maximum Gasteiger partial charge on any atom is 0.227 e. The Bertz CT molecular complexity index is 390. The Morgan fingerprint density at radius 3 is 2.41 bits per heavy atom. The summed E-state index contributed by atoms with van der Waals surface area (Å²) in [5, 5.41) is 3.03. The van der Waals surface area contributed by atoms with Gasteiger partial charge in [-0.25, -0.2) is 0 Å². The second-order valence-corrected chi connectivity index (χ2v) is 5.59. The molecule has 1 rings (SSSR count). The van der Waals surface area contributed by atoms with E-state index in [0.29, 0.717) is 0 Å². The average Bonchev–Trinajstić information content (AvgIpc) is 2.27. The summed E-state index contributed by atoms with van der Waals surface area (Å²) in [4.78, 5) is 11.9. The molecule has 0 fully saturated rings. The highest BCUT2D eigenvalue weighted by atomic mass is 16.1. The maximum absolute atomic E-state index is 11.9. The van der Waals surface area contributed by atoms with Gasteiger partial charge in [0.05, 0.1) is 0 Å². The fourth-order valence-electron chi connectivity index (χ4n) is 1.69. The molecule has 0 spiro atoms. The van der Waals surface area contributed by atoms with Crippen molar-refractivity contribution in [2.45, 2.75) is 46.5 Å². The van der Waals surface area contributed by atoms with E-state index in [1.54, 1.807) is 0 Å². The highest BCUT2D eigenvalue weighted by molar-refractivity contribution is 5.93. The molecular weight excluding hydrogens is 210 g/mol. The van der Waals surface area contributed by atoms with Gasteiger partial charge in [-0.2, -0.15) is 0 Å². The third-order valence-corrected chi connectivity index (χ3v) is 3.05. The lowest BCUT2D eigenvalue weighted by atomic mass is 9.85. The lowest BCUT2D eigenvalue weighted by Gasteiger charge is -2.23. The molecule has 0 saturated carbocycles. The van der Waals surface area contributed by atoms with E-state index in [1.807, 2.05) is 32.0 Å². The van der Waals surface area contributed by atoms with Crippen LogP contribution in [0.5, 0.6) is 0 Å². The van der Waals surface area contributed by atoms with Crippen LogP contribution in [0.1, 0.15) is 46.6 Å². The number of amides is 1. The van der Waals surface area contributed by atoms with Gasteiger partial charge in [-0.3, -0.25) is 4.79 Å². The minimum absolute atomic E-state index is 0.0410. The predicted octanol–water partition coefficient (Wildman–Crippen LogP) is 3.97. The zero-order valence-corrected chi connectivity index (χ0v) is 11.5. The molecular formula is C15H23NO. The molecule has 1 unspecified atom stereocenters. The zero-order chi connectivity index (χ0) is 13.1. The molecule has 0 aromatic heterocycles. The molecule has 1 amide bonds. The van der Waals surface area contributed by atoms with E-state index >= 15 is 0 Å². The Balaban J connectivity index is 2.96. The van der Waals surface area contributed by atoms with Crippen molar-refractivity contribution in [1.82, 2.24) is 0 Å². The van der Waals surface area contributed by atoms with Crippen molar-refractivity contribution in [3.8, 4) is 0 Å². The summed E-state index contributed by atoms with van der Waals surface area (Å²) in [6.45, 7) is 10.4. The van der Waals surface area contributed by atoms with Crippen LogP contribution in [0.15, 0.2) is 24.3 Å². The van der Waals surface area contributed by atoms with E-state index in [1.165, 1.54) is 5.56 Å². The molecule has 1 aromatic rings. The van der Waals surface area contributed by atoms with Gasteiger partial charge < -0.3 is 5.32 Å². The highest BCUT2D eigenvalue weighted by Gasteiger charge is 2.19. The Hall–Kier alpha value is -1.31. The van der Waals surface area contributed by atoms with Gasteiger partial charge in [0, 0.05) is 11.6 Å². The van der Waals surface area contributed by atoms with E-state index in [-0.39, 0.29) is 17.2 Å². The standard InChI is InChI=1S/C15H23NO/c1-6-11(2)14(17)16-13-10-8-7-9-12(13)15(3,4)5/h7-11H,6H2,1-5H3,(H,16,17). The summed E-state index contributed by atoms with van der Waals surface area (Å²) in [6.07, 6.45) is 0.865. The van der Waals surface area contributed by atoms with Crippen LogP contribution in [0.25, 0.3) is 0 Å². The number of rotatable bonds is 3. The largest absolute Gasteiger partial charge is 0.326 e. The molecule has 1 aromatic carbocycles. The van der Waals surface area contributed by atoms with Crippen molar-refractivity contribution in [2.75, 3.05) is 5.32 Å². The van der Waals surface area contributed by atoms with Crippen molar-refractivity contribution in [2.24, 2.45) is 5.92 Å². The lowest BCUT2D eigenvalue weighted by Crippen LogP contribution is -2.22. The smallest absolute Gasteiger partial charge is 0.227 e. The zero-order valence-electron chi connectivity index (χ0n) is 11.5. The van der Waals surface area contributed by atoms with Gasteiger partial charge in [0.15, 0.2) is 0 Å². The topological polar surface area (TPSA) is 29.1 Å². The summed E-state index contributed by atoms with van der Waals surface area (Å²) in [5.41, 5.74) is 2.15. The van der Waals surface area contributed by atoms with Crippen LogP contribution in [0.3, 0.4) is 0 Å². The van der Waals surface area contributed by atoms with Crippen molar-refractivity contribution in [1.29, 1.82) is 0 Å². The highest BCUT2D eigenvalue weighted by Crippen LogP contribution is 2.29. The molecule has 2 heteroatoms. The van der Waals surface area contributed by atoms with E-state index in [0.717, 1.165) is 12.1 Å². The molecule has 0 heterocycles. The number of anilines is 1. The molecule has 1 N–H and O–H groups in total. The van der Waals surface area contributed by atoms with Crippen LogP contribution in [0, 0.1) is 5.92 Å². The third-order valence-electron chi connectivity index (χ3n) is 3.05. The van der Waals surface area contributed by atoms with Crippen LogP contribution in [0.2, 0.25) is 0 Å². The van der Waals surface area contributed by atoms with Gasteiger partial charge >= 0.3 is 0 Å². The molecule has 0 aliphatic carbocycles. The number of hydrogen-bond donors (Lipinski definition) is 1. The number of benzene rings is 1. The second kappa shape index (κ2) is 5.35. The van der Waals surface area contributed by atoms with Crippen LogP contribution in [0.4, 0.5) is 5.69 Å². The summed E-state index contributed by atoms with van der Waals surface area (Å²) in [5.74, 6) is 0.159. The third kappa shape index (κ3) is 3.58. The predicted molar refractivity (Wildman–Crippen MR) is 73.2 cm³/mol. The Kier molecular flexibility index (Phi) is 4.33. The van der Waals surface area contributed by atoms with Crippen molar-refractivity contribution >= 4 is 11.6 Å². The Morgan fingerprint density at radius 1 is 1.29 bits per heavy atom. The second-order valence-electron chi connectivity index (χ2n) is 5.59. The first kappa shape index (κ1) is 13.8. The van der Waals surface area contributed by atoms with Gasteiger partial charge in [0.25, 0.3) is 0 Å². The molecule has 1 atom stereocenters. The first-order chi connectivity index (χ1) is 7.86. The fourth-order valence-corrected chi connectivity index (χ4v) is 1.69. The summed E-state index contributed by atoms with van der Waals surface area (Å²) < 4.78 is 0. The molecule has 94 valence electrons. The number of hydrogen-bond acceptors (Lipinski definition) is 1. The van der Waals surface area contributed by atoms with Crippen LogP contribution < -0.4 is 5.32 Å². The van der Waals surface area contributed by atoms with E-state index in [4.69, 9.17) is 0 Å². The molecule has 0 aliphatic rings. The molecule has 17 heavy (non-hydrogen) atoms. The van der Waals surface area contributed by atoms with E-state index in [9.17, 15) is 4.79 Å². The van der Waals surface area contributed by atoms with Crippen LogP contribution >= 0.6 is 0 Å². The van der Waals surface area contributed by atoms with Crippen LogP contribution in [-0.4, -0.2) is 5.91 Å². The molecule has 0 aliphatic heterocycles. The monoisotopic (exact) mass is 233 g/mol. The van der Waals surface area contributed by atoms with Gasteiger partial charge in [-0.15, -0.1) is 0 Å². The van der Waals surface area contributed by atoms with Gasteiger partial charge in [0.2, 0.25) is 5.91 Å². The minimum Gasteiger partial charge on any atom is -0.326 e. The van der Waals surface area contributed by atoms with E-state index < -0.39 is 0 Å². The normalized spacial score (nSPS) is 13.2. The SMILES string of the molecule is CCC(C)C(=O)Nc1ccccc1C(C)(C)C. The molecule has 0 bridgehead atoms. The molecule has 0 radical (unpaired) electrons. The molecule has 2 nitrogen and oxygen atoms in total. The minimum atomic E-state index is 0.0410. The van der Waals surface area contributed by atoms with Crippen molar-refractivity contribution in [3.05, 3.63) is 29.8 Å².